The van der Waals surface area contributed by atoms with Crippen LogP contribution >= 0.6 is 11.3 Å². The third-order valence-electron chi connectivity index (χ3n) is 5.10. The predicted molar refractivity (Wildman–Crippen MR) is 98.7 cm³/mol. The normalized spacial score (nSPS) is 21.1. The molecule has 1 aliphatic carbocycles. The molecular formula is C19H25N3OS. The smallest absolute Gasteiger partial charge is 0.185 e. The highest BCUT2D eigenvalue weighted by Gasteiger charge is 2.24. The van der Waals surface area contributed by atoms with Gasteiger partial charge in [-0.05, 0) is 37.4 Å². The largest absolute Gasteiger partial charge is 0.378 e. The summed E-state index contributed by atoms with van der Waals surface area (Å²) in [7, 11) is 2.25. The molecule has 2 aromatic rings. The summed E-state index contributed by atoms with van der Waals surface area (Å²) < 4.78 is 5.43. The Bertz CT molecular complexity index is 681. The molecule has 1 aromatic heterocycles. The van der Waals surface area contributed by atoms with Gasteiger partial charge in [0.05, 0.1) is 13.2 Å². The van der Waals surface area contributed by atoms with Crippen molar-refractivity contribution in [3.8, 4) is 0 Å². The van der Waals surface area contributed by atoms with Crippen molar-refractivity contribution in [1.29, 1.82) is 0 Å². The van der Waals surface area contributed by atoms with Crippen LogP contribution in [0.5, 0.6) is 0 Å². The predicted octanol–water partition coefficient (Wildman–Crippen LogP) is 3.49. The molecule has 0 radical (unpaired) electrons. The summed E-state index contributed by atoms with van der Waals surface area (Å²) in [6.45, 7) is 4.51. The number of rotatable bonds is 4. The topological polar surface area (TPSA) is 28.6 Å². The van der Waals surface area contributed by atoms with E-state index in [1.807, 2.05) is 11.3 Å². The fourth-order valence-electron chi connectivity index (χ4n) is 3.81. The van der Waals surface area contributed by atoms with Crippen molar-refractivity contribution in [3.05, 3.63) is 46.5 Å². The second-order valence-electron chi connectivity index (χ2n) is 6.73. The zero-order valence-corrected chi connectivity index (χ0v) is 15.1. The zero-order chi connectivity index (χ0) is 16.4. The Kier molecular flexibility index (Phi) is 4.83. The molecule has 2 heterocycles. The Hall–Kier alpha value is -1.43. The number of fused-ring (bicyclic) bond motifs is 1. The van der Waals surface area contributed by atoms with Crippen molar-refractivity contribution < 1.29 is 4.74 Å². The number of thiazole rings is 1. The van der Waals surface area contributed by atoms with Crippen molar-refractivity contribution in [1.82, 2.24) is 9.88 Å². The van der Waals surface area contributed by atoms with E-state index in [4.69, 9.17) is 4.74 Å². The molecule has 24 heavy (non-hydrogen) atoms. The van der Waals surface area contributed by atoms with Crippen LogP contribution in [-0.4, -0.2) is 43.2 Å². The van der Waals surface area contributed by atoms with E-state index in [1.165, 1.54) is 35.3 Å². The molecule has 1 fully saturated rings. The zero-order valence-electron chi connectivity index (χ0n) is 14.3. The summed E-state index contributed by atoms with van der Waals surface area (Å²) in [4.78, 5) is 10.8. The first-order chi connectivity index (χ1) is 11.8. The highest BCUT2D eigenvalue weighted by atomic mass is 32.1. The lowest BCUT2D eigenvalue weighted by atomic mass is 9.87. The lowest BCUT2D eigenvalue weighted by molar-refractivity contribution is 0.122. The average molecular weight is 343 g/mol. The number of morpholine rings is 1. The first kappa shape index (κ1) is 16.1. The van der Waals surface area contributed by atoms with E-state index in [-0.39, 0.29) is 0 Å². The maximum atomic E-state index is 5.43. The molecule has 5 heteroatoms. The molecule has 4 rings (SSSR count). The highest BCUT2D eigenvalue weighted by Crippen LogP contribution is 2.35. The van der Waals surface area contributed by atoms with Gasteiger partial charge in [-0.3, -0.25) is 4.90 Å². The SMILES string of the molecule is CN(Cc1cnc(N2CCOCC2)s1)C1CCCc2ccccc21. The van der Waals surface area contributed by atoms with Gasteiger partial charge in [0.2, 0.25) is 0 Å². The van der Waals surface area contributed by atoms with Crippen LogP contribution < -0.4 is 4.90 Å². The molecule has 1 unspecified atom stereocenters. The minimum atomic E-state index is 0.531. The quantitative estimate of drug-likeness (QED) is 0.850. The maximum absolute atomic E-state index is 5.43. The van der Waals surface area contributed by atoms with E-state index in [0.717, 1.165) is 38.0 Å². The van der Waals surface area contributed by atoms with Gasteiger partial charge in [-0.2, -0.15) is 0 Å². The van der Waals surface area contributed by atoms with E-state index >= 15 is 0 Å². The monoisotopic (exact) mass is 343 g/mol. The lowest BCUT2D eigenvalue weighted by Gasteiger charge is -2.33. The molecule has 1 saturated heterocycles. The summed E-state index contributed by atoms with van der Waals surface area (Å²) in [6.07, 6.45) is 5.82. The Morgan fingerprint density at radius 1 is 1.29 bits per heavy atom. The molecule has 0 amide bonds. The van der Waals surface area contributed by atoms with Crippen molar-refractivity contribution in [2.45, 2.75) is 31.8 Å². The molecule has 128 valence electrons. The van der Waals surface area contributed by atoms with Crippen molar-refractivity contribution in [2.75, 3.05) is 38.3 Å². The number of ether oxygens (including phenoxy) is 1. The molecule has 1 atom stereocenters. The number of hydrogen-bond donors (Lipinski definition) is 0. The number of aromatic nitrogens is 1. The van der Waals surface area contributed by atoms with Gasteiger partial charge < -0.3 is 9.64 Å². The van der Waals surface area contributed by atoms with Gasteiger partial charge in [-0.25, -0.2) is 4.98 Å². The first-order valence-corrected chi connectivity index (χ1v) is 9.68. The van der Waals surface area contributed by atoms with Crippen LogP contribution in [0.2, 0.25) is 0 Å². The molecule has 1 aliphatic heterocycles. The first-order valence-electron chi connectivity index (χ1n) is 8.87. The van der Waals surface area contributed by atoms with Crippen LogP contribution in [-0.2, 0) is 17.7 Å². The molecule has 1 aromatic carbocycles. The van der Waals surface area contributed by atoms with Gasteiger partial charge in [0.15, 0.2) is 5.13 Å². The summed E-state index contributed by atoms with van der Waals surface area (Å²) in [5.41, 5.74) is 3.04. The Morgan fingerprint density at radius 2 is 2.12 bits per heavy atom. The van der Waals surface area contributed by atoms with Crippen molar-refractivity contribution in [2.24, 2.45) is 0 Å². The molecule has 0 saturated carbocycles. The van der Waals surface area contributed by atoms with Crippen LogP contribution in [0.4, 0.5) is 5.13 Å². The fraction of sp³-hybridized carbons (Fsp3) is 0.526. The Morgan fingerprint density at radius 3 is 3.00 bits per heavy atom. The van der Waals surface area contributed by atoms with Crippen LogP contribution in [0.3, 0.4) is 0 Å². The van der Waals surface area contributed by atoms with E-state index in [9.17, 15) is 0 Å². The van der Waals surface area contributed by atoms with E-state index in [2.05, 4.69) is 52.3 Å². The van der Waals surface area contributed by atoms with E-state index in [0.29, 0.717) is 6.04 Å². The Balaban J connectivity index is 1.45. The third-order valence-corrected chi connectivity index (χ3v) is 6.14. The standard InChI is InChI=1S/C19H25N3OS/c1-21(18-8-4-6-15-5-2-3-7-17(15)18)14-16-13-20-19(24-16)22-9-11-23-12-10-22/h2-3,5,7,13,18H,4,6,8-12,14H2,1H3. The van der Waals surface area contributed by atoms with Gasteiger partial charge in [0.1, 0.15) is 0 Å². The van der Waals surface area contributed by atoms with Gasteiger partial charge >= 0.3 is 0 Å². The minimum Gasteiger partial charge on any atom is -0.378 e. The third kappa shape index (κ3) is 3.34. The molecule has 2 aliphatic rings. The van der Waals surface area contributed by atoms with Gasteiger partial charge in [-0.1, -0.05) is 24.3 Å². The number of aryl methyl sites for hydroxylation is 1. The van der Waals surface area contributed by atoms with Gasteiger partial charge in [0.25, 0.3) is 0 Å². The number of anilines is 1. The van der Waals surface area contributed by atoms with Crippen LogP contribution in [0.25, 0.3) is 0 Å². The second kappa shape index (κ2) is 7.21. The number of benzene rings is 1. The van der Waals surface area contributed by atoms with Crippen LogP contribution in [0.15, 0.2) is 30.5 Å². The van der Waals surface area contributed by atoms with Crippen LogP contribution in [0, 0.1) is 0 Å². The number of hydrogen-bond acceptors (Lipinski definition) is 5. The summed E-state index contributed by atoms with van der Waals surface area (Å²) >= 11 is 1.83. The lowest BCUT2D eigenvalue weighted by Crippen LogP contribution is -2.36. The van der Waals surface area contributed by atoms with E-state index in [1.54, 1.807) is 0 Å². The molecule has 0 spiro atoms. The van der Waals surface area contributed by atoms with Crippen LogP contribution in [0.1, 0.15) is 34.9 Å². The molecule has 0 N–H and O–H groups in total. The maximum Gasteiger partial charge on any atom is 0.185 e. The van der Waals surface area contributed by atoms with Crippen molar-refractivity contribution in [3.63, 3.8) is 0 Å². The summed E-state index contributed by atoms with van der Waals surface area (Å²) in [6, 6.07) is 9.47. The molecular weight excluding hydrogens is 318 g/mol. The van der Waals surface area contributed by atoms with Crippen molar-refractivity contribution >= 4 is 16.5 Å². The van der Waals surface area contributed by atoms with Gasteiger partial charge in [0, 0.05) is 36.8 Å². The number of nitrogens with zero attached hydrogens (tertiary/aromatic N) is 3. The average Bonchev–Trinajstić information content (AvgIpc) is 3.10. The Labute approximate surface area is 148 Å². The second-order valence-corrected chi connectivity index (χ2v) is 7.82. The molecule has 0 bridgehead atoms. The summed E-state index contributed by atoms with van der Waals surface area (Å²) in [5.74, 6) is 0. The van der Waals surface area contributed by atoms with E-state index < -0.39 is 0 Å². The summed E-state index contributed by atoms with van der Waals surface area (Å²) in [5, 5.41) is 1.14. The van der Waals surface area contributed by atoms with Gasteiger partial charge in [-0.15, -0.1) is 11.3 Å². The molecule has 4 nitrogen and oxygen atoms in total. The minimum absolute atomic E-state index is 0.531. The highest BCUT2D eigenvalue weighted by molar-refractivity contribution is 7.15. The fourth-order valence-corrected chi connectivity index (χ4v) is 4.84.